The van der Waals surface area contributed by atoms with Gasteiger partial charge in [0.15, 0.2) is 5.96 Å². The highest BCUT2D eigenvalue weighted by Gasteiger charge is 2.24. The first-order valence-corrected chi connectivity index (χ1v) is 11.8. The number of hydrogen-bond acceptors (Lipinski definition) is 5. The lowest BCUT2D eigenvalue weighted by Gasteiger charge is -2.37. The van der Waals surface area contributed by atoms with E-state index in [1.807, 2.05) is 25.4 Å². The van der Waals surface area contributed by atoms with Crippen LogP contribution in [0.5, 0.6) is 0 Å². The first-order chi connectivity index (χ1) is 16.1. The van der Waals surface area contributed by atoms with Gasteiger partial charge in [0.25, 0.3) is 0 Å². The fourth-order valence-electron chi connectivity index (χ4n) is 4.73. The topological polar surface area (TPSA) is 90.1 Å². The predicted molar refractivity (Wildman–Crippen MR) is 147 cm³/mol. The maximum atomic E-state index is 11.6. The summed E-state index contributed by atoms with van der Waals surface area (Å²) < 4.78 is 0. The third-order valence-corrected chi connectivity index (χ3v) is 6.52. The normalized spacial score (nSPS) is 19.4. The number of primary amides is 1. The highest BCUT2D eigenvalue weighted by Crippen LogP contribution is 2.19. The average molecular weight is 578 g/mol. The van der Waals surface area contributed by atoms with E-state index >= 15 is 0 Å². The lowest BCUT2D eigenvalue weighted by Crippen LogP contribution is -2.52. The highest BCUT2D eigenvalue weighted by molar-refractivity contribution is 14.0. The summed E-state index contributed by atoms with van der Waals surface area (Å²) in [6.45, 7) is 7.02. The molecule has 0 aliphatic carbocycles. The van der Waals surface area contributed by atoms with Crippen molar-refractivity contribution in [3.63, 3.8) is 0 Å². The molecule has 2 aliphatic rings. The molecule has 8 nitrogen and oxygen atoms in total. The van der Waals surface area contributed by atoms with Gasteiger partial charge in [0.2, 0.25) is 5.91 Å². The molecule has 3 N–H and O–H groups in total. The van der Waals surface area contributed by atoms with Crippen LogP contribution in [0.3, 0.4) is 0 Å². The molecule has 9 heteroatoms. The molecule has 2 fully saturated rings. The summed E-state index contributed by atoms with van der Waals surface area (Å²) in [6, 6.07) is 14.7. The zero-order chi connectivity index (χ0) is 23.0. The third-order valence-electron chi connectivity index (χ3n) is 6.52. The fourth-order valence-corrected chi connectivity index (χ4v) is 4.73. The summed E-state index contributed by atoms with van der Waals surface area (Å²) in [5.41, 5.74) is 8.02. The Bertz CT molecular complexity index is 947. The molecular weight excluding hydrogens is 541 g/mol. The number of piperazine rings is 1. The van der Waals surface area contributed by atoms with E-state index < -0.39 is 0 Å². The summed E-state index contributed by atoms with van der Waals surface area (Å²) in [4.78, 5) is 27.5. The van der Waals surface area contributed by atoms with E-state index in [1.54, 1.807) is 0 Å². The van der Waals surface area contributed by atoms with Gasteiger partial charge in [-0.1, -0.05) is 30.3 Å². The molecule has 1 amide bonds. The number of guanidine groups is 1. The van der Waals surface area contributed by atoms with Crippen LogP contribution >= 0.6 is 24.0 Å². The number of benzene rings is 1. The van der Waals surface area contributed by atoms with Crippen LogP contribution in [0.4, 0.5) is 5.82 Å². The van der Waals surface area contributed by atoms with Gasteiger partial charge in [-0.15, -0.1) is 24.0 Å². The van der Waals surface area contributed by atoms with Crippen molar-refractivity contribution in [1.82, 2.24) is 20.1 Å². The van der Waals surface area contributed by atoms with E-state index in [9.17, 15) is 4.79 Å². The molecule has 1 aromatic heterocycles. The van der Waals surface area contributed by atoms with Crippen LogP contribution in [0.15, 0.2) is 53.7 Å². The molecule has 0 radical (unpaired) electrons. The van der Waals surface area contributed by atoms with Gasteiger partial charge in [-0.3, -0.25) is 14.7 Å². The van der Waals surface area contributed by atoms with E-state index in [4.69, 9.17) is 5.73 Å². The number of hydrogen-bond donors (Lipinski definition) is 2. The van der Waals surface area contributed by atoms with E-state index in [2.05, 4.69) is 60.3 Å². The Kier molecular flexibility index (Phi) is 9.94. The molecule has 184 valence electrons. The van der Waals surface area contributed by atoms with Gasteiger partial charge in [-0.25, -0.2) is 4.98 Å². The van der Waals surface area contributed by atoms with E-state index in [0.29, 0.717) is 0 Å². The number of nitrogens with zero attached hydrogens (tertiary/aromatic N) is 5. The molecule has 2 aliphatic heterocycles. The Morgan fingerprint density at radius 2 is 1.91 bits per heavy atom. The monoisotopic (exact) mass is 577 g/mol. The number of nitrogens with two attached hydrogens (primary N) is 1. The Morgan fingerprint density at radius 1 is 1.12 bits per heavy atom. The number of halogens is 1. The van der Waals surface area contributed by atoms with Gasteiger partial charge < -0.3 is 20.9 Å². The summed E-state index contributed by atoms with van der Waals surface area (Å²) in [5.74, 6) is 1.77. The molecule has 3 heterocycles. The fraction of sp³-hybridized carbons (Fsp3) is 0.480. The van der Waals surface area contributed by atoms with Crippen molar-refractivity contribution in [2.45, 2.75) is 25.9 Å². The number of anilines is 1. The van der Waals surface area contributed by atoms with Crippen LogP contribution in [0.2, 0.25) is 0 Å². The Labute approximate surface area is 219 Å². The van der Waals surface area contributed by atoms with Gasteiger partial charge in [-0.05, 0) is 42.6 Å². The van der Waals surface area contributed by atoms with Gasteiger partial charge >= 0.3 is 0 Å². The zero-order valence-electron chi connectivity index (χ0n) is 19.9. The minimum atomic E-state index is -0.176. The summed E-state index contributed by atoms with van der Waals surface area (Å²) in [7, 11) is 1.84. The van der Waals surface area contributed by atoms with Crippen LogP contribution in [0, 0.1) is 5.92 Å². The van der Waals surface area contributed by atoms with Crippen LogP contribution in [0.1, 0.15) is 24.0 Å². The lowest BCUT2D eigenvalue weighted by molar-refractivity contribution is -0.123. The van der Waals surface area contributed by atoms with E-state index in [1.165, 1.54) is 11.1 Å². The molecule has 0 spiro atoms. The molecule has 1 atom stereocenters. The average Bonchev–Trinajstić information content (AvgIpc) is 2.86. The maximum Gasteiger partial charge on any atom is 0.221 e. The number of amides is 1. The molecule has 34 heavy (non-hydrogen) atoms. The summed E-state index contributed by atoms with van der Waals surface area (Å²) >= 11 is 0. The standard InChI is InChI=1S/C25H35N7O.HI/c1-27-25(32-14-12-31(13-15-32)23-9-2-3-10-28-23)29-17-20-6-4-7-21(16-20)18-30-11-5-8-22(19-30)24(26)33;/h2-4,6-7,9-10,16,22H,5,8,11-15,17-19H2,1H3,(H2,26,33)(H,27,29);1H. The van der Waals surface area contributed by atoms with Crippen LogP contribution in [-0.2, 0) is 17.9 Å². The number of pyridine rings is 1. The highest BCUT2D eigenvalue weighted by atomic mass is 127. The number of nitrogens with one attached hydrogen (secondary N) is 1. The van der Waals surface area contributed by atoms with Crippen molar-refractivity contribution >= 4 is 41.7 Å². The lowest BCUT2D eigenvalue weighted by atomic mass is 9.97. The van der Waals surface area contributed by atoms with Gasteiger partial charge in [0.05, 0.1) is 5.92 Å². The Morgan fingerprint density at radius 3 is 2.62 bits per heavy atom. The number of aromatic nitrogens is 1. The maximum absolute atomic E-state index is 11.6. The van der Waals surface area contributed by atoms with Crippen LogP contribution in [0.25, 0.3) is 0 Å². The molecule has 2 aromatic rings. The summed E-state index contributed by atoms with van der Waals surface area (Å²) in [5, 5.41) is 3.53. The molecule has 1 unspecified atom stereocenters. The van der Waals surface area contributed by atoms with Crippen molar-refractivity contribution in [2.75, 3.05) is 51.2 Å². The Hall–Kier alpha value is -2.40. The van der Waals surface area contributed by atoms with E-state index in [-0.39, 0.29) is 35.8 Å². The van der Waals surface area contributed by atoms with Crippen molar-refractivity contribution in [3.8, 4) is 0 Å². The van der Waals surface area contributed by atoms with Crippen molar-refractivity contribution in [3.05, 3.63) is 59.8 Å². The first kappa shape index (κ1) is 26.2. The number of piperidine rings is 1. The smallest absolute Gasteiger partial charge is 0.221 e. The quantitative estimate of drug-likeness (QED) is 0.311. The number of aliphatic imine (C=N–C) groups is 1. The molecule has 0 saturated carbocycles. The minimum Gasteiger partial charge on any atom is -0.369 e. The first-order valence-electron chi connectivity index (χ1n) is 11.8. The van der Waals surface area contributed by atoms with Crippen LogP contribution < -0.4 is 16.0 Å². The number of carbonyl (C=O) groups is 1. The third kappa shape index (κ3) is 7.05. The van der Waals surface area contributed by atoms with Crippen LogP contribution in [-0.4, -0.2) is 73.0 Å². The predicted octanol–water partition coefficient (Wildman–Crippen LogP) is 2.29. The number of likely N-dealkylation sites (tertiary alicyclic amines) is 1. The van der Waals surface area contributed by atoms with Gasteiger partial charge in [0.1, 0.15) is 5.82 Å². The minimum absolute atomic E-state index is 0. The number of rotatable bonds is 6. The molecule has 2 saturated heterocycles. The molecule has 4 rings (SSSR count). The van der Waals surface area contributed by atoms with E-state index in [0.717, 1.165) is 77.0 Å². The second-order valence-corrected chi connectivity index (χ2v) is 8.86. The van der Waals surface area contributed by atoms with Gasteiger partial charge in [-0.2, -0.15) is 0 Å². The second kappa shape index (κ2) is 12.9. The molecular formula is C25H36IN7O. The number of carbonyl (C=O) groups excluding carboxylic acids is 1. The van der Waals surface area contributed by atoms with Crippen molar-refractivity contribution in [1.29, 1.82) is 0 Å². The Balaban J connectivity index is 0.00000324. The summed E-state index contributed by atoms with van der Waals surface area (Å²) in [6.07, 6.45) is 3.78. The molecule has 1 aromatic carbocycles. The SMILES string of the molecule is CN=C(NCc1cccc(CN2CCCC(C(N)=O)C2)c1)N1CCN(c2ccccn2)CC1.I. The zero-order valence-corrected chi connectivity index (χ0v) is 22.2. The molecule has 0 bridgehead atoms. The van der Waals surface area contributed by atoms with Crippen molar-refractivity contribution in [2.24, 2.45) is 16.6 Å². The largest absolute Gasteiger partial charge is 0.369 e. The van der Waals surface area contributed by atoms with Gasteiger partial charge in [0, 0.05) is 59.1 Å². The van der Waals surface area contributed by atoms with Crippen molar-refractivity contribution < 1.29 is 4.79 Å². The second-order valence-electron chi connectivity index (χ2n) is 8.86.